The van der Waals surface area contributed by atoms with Gasteiger partial charge in [-0.2, -0.15) is 0 Å². The zero-order chi connectivity index (χ0) is 16.0. The number of nitrogens with zero attached hydrogens (tertiary/aromatic N) is 2. The zero-order valence-corrected chi connectivity index (χ0v) is 12.6. The van der Waals surface area contributed by atoms with Crippen molar-refractivity contribution < 1.29 is 9.90 Å². The topological polar surface area (TPSA) is 69.2 Å². The molecular weight excluding hydrogens is 290 g/mol. The fraction of sp³-hybridized carbons (Fsp3) is 0.111. The molecule has 0 unspecified atom stereocenters. The number of aryl methyl sites for hydroxylation is 1. The van der Waals surface area contributed by atoms with Crippen LogP contribution in [0.15, 0.2) is 54.3 Å². The molecule has 1 aliphatic rings. The summed E-state index contributed by atoms with van der Waals surface area (Å²) >= 11 is 0. The number of fused-ring (bicyclic) bond motifs is 1. The van der Waals surface area contributed by atoms with Gasteiger partial charge in [-0.3, -0.25) is 4.79 Å². The largest absolute Gasteiger partial charge is 0.509 e. The summed E-state index contributed by atoms with van der Waals surface area (Å²) in [6, 6.07) is 15.2. The number of aromatic amines is 1. The molecule has 0 saturated heterocycles. The maximum Gasteiger partial charge on any atom is 0.265 e. The summed E-state index contributed by atoms with van der Waals surface area (Å²) in [6.07, 6.45) is 0. The van der Waals surface area contributed by atoms with Gasteiger partial charge in [0.25, 0.3) is 5.91 Å². The number of aliphatic hydroxyl groups excluding tert-OH is 1. The molecule has 2 aromatic carbocycles. The maximum atomic E-state index is 12.7. The molecule has 0 spiro atoms. The van der Waals surface area contributed by atoms with E-state index in [0.717, 1.165) is 22.3 Å². The van der Waals surface area contributed by atoms with Gasteiger partial charge in [-0.1, -0.05) is 29.8 Å². The van der Waals surface area contributed by atoms with Crippen molar-refractivity contribution in [3.8, 4) is 0 Å². The molecule has 1 aliphatic heterocycles. The fourth-order valence-electron chi connectivity index (χ4n) is 2.80. The molecule has 2 heterocycles. The number of hydrogen-bond donors (Lipinski definition) is 2. The van der Waals surface area contributed by atoms with Gasteiger partial charge in [-0.25, -0.2) is 4.98 Å². The lowest BCUT2D eigenvalue weighted by atomic mass is 10.2. The number of para-hydroxylation sites is 2. The van der Waals surface area contributed by atoms with Gasteiger partial charge in [0.1, 0.15) is 17.2 Å². The molecule has 4 rings (SSSR count). The third-order valence-electron chi connectivity index (χ3n) is 4.03. The van der Waals surface area contributed by atoms with Gasteiger partial charge in [-0.05, 0) is 31.2 Å². The van der Waals surface area contributed by atoms with Crippen molar-refractivity contribution in [1.29, 1.82) is 0 Å². The second-order valence-corrected chi connectivity index (χ2v) is 5.65. The van der Waals surface area contributed by atoms with Gasteiger partial charge in [0.15, 0.2) is 0 Å². The Kier molecular flexibility index (Phi) is 2.94. The number of benzene rings is 2. The third-order valence-corrected chi connectivity index (χ3v) is 4.03. The van der Waals surface area contributed by atoms with Crippen molar-refractivity contribution in [2.24, 2.45) is 0 Å². The average Bonchev–Trinajstić information content (AvgIpc) is 3.08. The molecule has 0 fully saturated rings. The molecule has 1 aromatic heterocycles. The molecule has 5 nitrogen and oxygen atoms in total. The SMILES string of the molecule is Cc1ccc(N2CC(O)=C(c3nc4ccccc4[nH]3)C2=O)cc1. The second kappa shape index (κ2) is 4.98. The lowest BCUT2D eigenvalue weighted by Gasteiger charge is -2.16. The van der Waals surface area contributed by atoms with Crippen LogP contribution in [-0.4, -0.2) is 27.5 Å². The minimum absolute atomic E-state index is 0.0367. The van der Waals surface area contributed by atoms with E-state index >= 15 is 0 Å². The Hall–Kier alpha value is -3.08. The van der Waals surface area contributed by atoms with Crippen molar-refractivity contribution in [3.05, 3.63) is 65.7 Å². The number of anilines is 1. The minimum Gasteiger partial charge on any atom is -0.509 e. The number of hydrogen-bond acceptors (Lipinski definition) is 3. The average molecular weight is 305 g/mol. The van der Waals surface area contributed by atoms with E-state index in [1.54, 1.807) is 4.90 Å². The molecular formula is C18H15N3O2. The molecule has 0 saturated carbocycles. The van der Waals surface area contributed by atoms with E-state index in [1.165, 1.54) is 0 Å². The van der Waals surface area contributed by atoms with Crippen molar-refractivity contribution >= 4 is 28.2 Å². The van der Waals surface area contributed by atoms with Crippen LogP contribution in [0.2, 0.25) is 0 Å². The summed E-state index contributed by atoms with van der Waals surface area (Å²) in [5.74, 6) is 0.198. The maximum absolute atomic E-state index is 12.7. The lowest BCUT2D eigenvalue weighted by molar-refractivity contribution is -0.112. The molecule has 0 aliphatic carbocycles. The number of amides is 1. The van der Waals surface area contributed by atoms with Gasteiger partial charge in [0.05, 0.1) is 17.6 Å². The number of H-pyrrole nitrogens is 1. The Morgan fingerprint density at radius 1 is 1.13 bits per heavy atom. The second-order valence-electron chi connectivity index (χ2n) is 5.65. The first-order chi connectivity index (χ1) is 11.1. The van der Waals surface area contributed by atoms with Gasteiger partial charge in [-0.15, -0.1) is 0 Å². The van der Waals surface area contributed by atoms with Gasteiger partial charge in [0.2, 0.25) is 0 Å². The van der Waals surface area contributed by atoms with E-state index in [-0.39, 0.29) is 23.8 Å². The Bertz CT molecular complexity index is 905. The van der Waals surface area contributed by atoms with E-state index in [9.17, 15) is 9.90 Å². The molecule has 23 heavy (non-hydrogen) atoms. The Labute approximate surface area is 132 Å². The van der Waals surface area contributed by atoms with Crippen LogP contribution in [0.4, 0.5) is 5.69 Å². The van der Waals surface area contributed by atoms with E-state index in [2.05, 4.69) is 9.97 Å². The summed E-state index contributed by atoms with van der Waals surface area (Å²) < 4.78 is 0. The van der Waals surface area contributed by atoms with Crippen molar-refractivity contribution in [3.63, 3.8) is 0 Å². The highest BCUT2D eigenvalue weighted by Crippen LogP contribution is 2.30. The molecule has 0 bridgehead atoms. The number of nitrogens with one attached hydrogen (secondary N) is 1. The standard InChI is InChI=1S/C18H15N3O2/c1-11-6-8-12(9-7-11)21-10-15(22)16(18(21)23)17-19-13-4-2-3-5-14(13)20-17/h2-9,22H,10H2,1H3,(H,19,20). The smallest absolute Gasteiger partial charge is 0.265 e. The summed E-state index contributed by atoms with van der Waals surface area (Å²) in [5, 5.41) is 10.3. The fourth-order valence-corrected chi connectivity index (χ4v) is 2.80. The van der Waals surface area contributed by atoms with Crippen LogP contribution < -0.4 is 4.90 Å². The van der Waals surface area contributed by atoms with Crippen molar-refractivity contribution in [2.75, 3.05) is 11.4 Å². The number of imidazole rings is 1. The first-order valence-electron chi connectivity index (χ1n) is 7.39. The molecule has 2 N–H and O–H groups in total. The lowest BCUT2D eigenvalue weighted by Crippen LogP contribution is -2.26. The third kappa shape index (κ3) is 2.17. The first kappa shape index (κ1) is 13.6. The van der Waals surface area contributed by atoms with Crippen LogP contribution in [0.3, 0.4) is 0 Å². The monoisotopic (exact) mass is 305 g/mol. The number of aromatic nitrogens is 2. The van der Waals surface area contributed by atoms with E-state index < -0.39 is 0 Å². The Balaban J connectivity index is 1.73. The minimum atomic E-state index is -0.245. The predicted molar refractivity (Wildman–Crippen MR) is 89.2 cm³/mol. The summed E-state index contributed by atoms with van der Waals surface area (Å²) in [7, 11) is 0. The summed E-state index contributed by atoms with van der Waals surface area (Å²) in [4.78, 5) is 21.8. The van der Waals surface area contributed by atoms with E-state index in [1.807, 2.05) is 55.5 Å². The summed E-state index contributed by atoms with van der Waals surface area (Å²) in [5.41, 5.74) is 3.73. The van der Waals surface area contributed by atoms with Crippen LogP contribution in [-0.2, 0) is 4.79 Å². The molecule has 0 atom stereocenters. The molecule has 114 valence electrons. The Morgan fingerprint density at radius 2 is 1.87 bits per heavy atom. The van der Waals surface area contributed by atoms with Crippen LogP contribution >= 0.6 is 0 Å². The van der Waals surface area contributed by atoms with Crippen LogP contribution in [0, 0.1) is 6.92 Å². The van der Waals surface area contributed by atoms with Crippen molar-refractivity contribution in [2.45, 2.75) is 6.92 Å². The highest BCUT2D eigenvalue weighted by atomic mass is 16.3. The highest BCUT2D eigenvalue weighted by Gasteiger charge is 2.34. The predicted octanol–water partition coefficient (Wildman–Crippen LogP) is 3.19. The molecule has 5 heteroatoms. The van der Waals surface area contributed by atoms with Crippen LogP contribution in [0.1, 0.15) is 11.4 Å². The van der Waals surface area contributed by atoms with Crippen LogP contribution in [0.25, 0.3) is 16.6 Å². The summed E-state index contributed by atoms with van der Waals surface area (Å²) in [6.45, 7) is 2.15. The highest BCUT2D eigenvalue weighted by molar-refractivity contribution is 6.28. The van der Waals surface area contributed by atoms with Gasteiger partial charge in [0, 0.05) is 5.69 Å². The number of aliphatic hydroxyl groups is 1. The number of carbonyl (C=O) groups is 1. The Morgan fingerprint density at radius 3 is 2.61 bits per heavy atom. The normalized spacial score (nSPS) is 15.0. The molecule has 3 aromatic rings. The van der Waals surface area contributed by atoms with Gasteiger partial charge >= 0.3 is 0 Å². The van der Waals surface area contributed by atoms with E-state index in [0.29, 0.717) is 5.82 Å². The van der Waals surface area contributed by atoms with Crippen molar-refractivity contribution in [1.82, 2.24) is 9.97 Å². The number of carbonyl (C=O) groups excluding carboxylic acids is 1. The zero-order valence-electron chi connectivity index (χ0n) is 12.6. The number of rotatable bonds is 2. The first-order valence-corrected chi connectivity index (χ1v) is 7.39. The van der Waals surface area contributed by atoms with Gasteiger partial charge < -0.3 is 15.0 Å². The molecule has 0 radical (unpaired) electrons. The van der Waals surface area contributed by atoms with E-state index in [4.69, 9.17) is 0 Å². The molecule has 1 amide bonds. The van der Waals surface area contributed by atoms with Crippen LogP contribution in [0.5, 0.6) is 0 Å². The quantitative estimate of drug-likeness (QED) is 0.764.